The van der Waals surface area contributed by atoms with Gasteiger partial charge in [0, 0.05) is 11.6 Å². The van der Waals surface area contributed by atoms with Crippen molar-refractivity contribution in [3.05, 3.63) is 52.5 Å². The predicted octanol–water partition coefficient (Wildman–Crippen LogP) is 2.33. The minimum atomic E-state index is 0. The number of nitrogens with two attached hydrogens (primary N) is 1. The lowest BCUT2D eigenvalue weighted by Gasteiger charge is -2.03. The van der Waals surface area contributed by atoms with Gasteiger partial charge < -0.3 is 11.1 Å². The number of nitrogens with one attached hydrogen (secondary N) is 1. The molecule has 1 aromatic heterocycles. The van der Waals surface area contributed by atoms with E-state index < -0.39 is 0 Å². The minimum absolute atomic E-state index is 0. The van der Waals surface area contributed by atoms with Gasteiger partial charge in [0.2, 0.25) is 0 Å². The standard InChI is InChI=1S/C12H14N4S.BrH/c13-12(16-9-11-14-6-7-17-11)15-8-10-4-2-1-3-5-10;/h1-7H,8-9H2,(H3,13,15,16);1H. The van der Waals surface area contributed by atoms with E-state index in [1.54, 1.807) is 17.5 Å². The molecule has 1 aromatic carbocycles. The summed E-state index contributed by atoms with van der Waals surface area (Å²) < 4.78 is 0. The Kier molecular flexibility index (Phi) is 6.38. The summed E-state index contributed by atoms with van der Waals surface area (Å²) in [5.41, 5.74) is 6.90. The Morgan fingerprint density at radius 2 is 2.11 bits per heavy atom. The molecule has 0 saturated heterocycles. The number of aromatic nitrogens is 1. The lowest BCUT2D eigenvalue weighted by Crippen LogP contribution is -2.31. The number of rotatable bonds is 4. The fourth-order valence-corrected chi connectivity index (χ4v) is 1.88. The van der Waals surface area contributed by atoms with Crippen molar-refractivity contribution >= 4 is 34.3 Å². The highest BCUT2D eigenvalue weighted by molar-refractivity contribution is 8.93. The lowest BCUT2D eigenvalue weighted by atomic mass is 10.2. The smallest absolute Gasteiger partial charge is 0.189 e. The van der Waals surface area contributed by atoms with Crippen LogP contribution in [0.15, 0.2) is 46.9 Å². The van der Waals surface area contributed by atoms with E-state index in [1.807, 2.05) is 35.7 Å². The second-order valence-corrected chi connectivity index (χ2v) is 4.45. The van der Waals surface area contributed by atoms with Crippen molar-refractivity contribution in [2.24, 2.45) is 10.7 Å². The summed E-state index contributed by atoms with van der Waals surface area (Å²) in [5, 5.41) is 5.97. The average Bonchev–Trinajstić information content (AvgIpc) is 2.88. The van der Waals surface area contributed by atoms with E-state index in [2.05, 4.69) is 15.3 Å². The van der Waals surface area contributed by atoms with Gasteiger partial charge in [-0.25, -0.2) is 9.98 Å². The molecule has 0 aliphatic carbocycles. The number of benzene rings is 1. The number of nitrogens with zero attached hydrogens (tertiary/aromatic N) is 2. The zero-order chi connectivity index (χ0) is 11.9. The monoisotopic (exact) mass is 326 g/mol. The zero-order valence-corrected chi connectivity index (χ0v) is 12.3. The normalized spacial score (nSPS) is 10.8. The van der Waals surface area contributed by atoms with Crippen molar-refractivity contribution in [2.45, 2.75) is 13.1 Å². The molecule has 0 bridgehead atoms. The molecular weight excluding hydrogens is 312 g/mol. The molecule has 1 heterocycles. The highest BCUT2D eigenvalue weighted by Gasteiger charge is 1.96. The molecule has 0 atom stereocenters. The second kappa shape index (κ2) is 7.84. The molecular formula is C12H15BrN4S. The predicted molar refractivity (Wildman–Crippen MR) is 81.0 cm³/mol. The average molecular weight is 327 g/mol. The summed E-state index contributed by atoms with van der Waals surface area (Å²) in [6, 6.07) is 10.0. The number of halogens is 1. The number of guanidine groups is 1. The highest BCUT2D eigenvalue weighted by Crippen LogP contribution is 2.02. The van der Waals surface area contributed by atoms with Gasteiger partial charge in [0.05, 0.1) is 13.1 Å². The molecule has 0 fully saturated rings. The van der Waals surface area contributed by atoms with Crippen LogP contribution in [0.1, 0.15) is 10.6 Å². The van der Waals surface area contributed by atoms with Crippen LogP contribution < -0.4 is 11.1 Å². The Balaban J connectivity index is 0.00000162. The van der Waals surface area contributed by atoms with Crippen molar-refractivity contribution in [1.82, 2.24) is 10.3 Å². The van der Waals surface area contributed by atoms with Gasteiger partial charge >= 0.3 is 0 Å². The van der Waals surface area contributed by atoms with Gasteiger partial charge in [-0.15, -0.1) is 28.3 Å². The van der Waals surface area contributed by atoms with Gasteiger partial charge in [-0.2, -0.15) is 0 Å². The third-order valence-corrected chi connectivity index (χ3v) is 2.96. The van der Waals surface area contributed by atoms with Crippen LogP contribution in [0, 0.1) is 0 Å². The maximum atomic E-state index is 5.75. The van der Waals surface area contributed by atoms with Crippen LogP contribution in [0.4, 0.5) is 0 Å². The number of thiazole rings is 1. The Hall–Kier alpha value is -1.40. The van der Waals surface area contributed by atoms with E-state index in [9.17, 15) is 0 Å². The SMILES string of the molecule is Br.NC(=NCc1ccccc1)NCc1nccs1. The van der Waals surface area contributed by atoms with Crippen LogP contribution in [-0.4, -0.2) is 10.9 Å². The number of hydrogen-bond donors (Lipinski definition) is 2. The third kappa shape index (κ3) is 4.85. The second-order valence-electron chi connectivity index (χ2n) is 3.47. The first-order valence-electron chi connectivity index (χ1n) is 5.30. The fourth-order valence-electron chi connectivity index (χ4n) is 1.32. The molecule has 0 unspecified atom stereocenters. The quantitative estimate of drug-likeness (QED) is 0.669. The fraction of sp³-hybridized carbons (Fsp3) is 0.167. The van der Waals surface area contributed by atoms with E-state index >= 15 is 0 Å². The third-order valence-electron chi connectivity index (χ3n) is 2.18. The molecule has 2 aromatic rings. The van der Waals surface area contributed by atoms with Crippen molar-refractivity contribution in [1.29, 1.82) is 0 Å². The largest absolute Gasteiger partial charge is 0.370 e. The molecule has 0 spiro atoms. The molecule has 0 aliphatic rings. The molecule has 6 heteroatoms. The van der Waals surface area contributed by atoms with Crippen molar-refractivity contribution in [3.63, 3.8) is 0 Å². The van der Waals surface area contributed by atoms with Gasteiger partial charge in [0.25, 0.3) is 0 Å². The minimum Gasteiger partial charge on any atom is -0.370 e. The Morgan fingerprint density at radius 3 is 2.78 bits per heavy atom. The van der Waals surface area contributed by atoms with Crippen LogP contribution in [0.2, 0.25) is 0 Å². The Morgan fingerprint density at radius 1 is 1.33 bits per heavy atom. The lowest BCUT2D eigenvalue weighted by molar-refractivity contribution is 0.875. The first-order chi connectivity index (χ1) is 8.34. The first kappa shape index (κ1) is 14.7. The van der Waals surface area contributed by atoms with Crippen LogP contribution >= 0.6 is 28.3 Å². The van der Waals surface area contributed by atoms with Crippen molar-refractivity contribution in [2.75, 3.05) is 0 Å². The van der Waals surface area contributed by atoms with Gasteiger partial charge in [-0.3, -0.25) is 0 Å². The maximum absolute atomic E-state index is 5.75. The molecule has 0 amide bonds. The molecule has 0 radical (unpaired) electrons. The van der Waals surface area contributed by atoms with Crippen LogP contribution in [-0.2, 0) is 13.1 Å². The van der Waals surface area contributed by atoms with Crippen molar-refractivity contribution in [3.8, 4) is 0 Å². The molecule has 18 heavy (non-hydrogen) atoms. The van der Waals surface area contributed by atoms with Crippen LogP contribution in [0.5, 0.6) is 0 Å². The van der Waals surface area contributed by atoms with Gasteiger partial charge in [0.15, 0.2) is 5.96 Å². The topological polar surface area (TPSA) is 63.3 Å². The van der Waals surface area contributed by atoms with Crippen molar-refractivity contribution < 1.29 is 0 Å². The van der Waals surface area contributed by atoms with Crippen LogP contribution in [0.25, 0.3) is 0 Å². The first-order valence-corrected chi connectivity index (χ1v) is 6.18. The van der Waals surface area contributed by atoms with E-state index in [0.717, 1.165) is 10.6 Å². The molecule has 4 nitrogen and oxygen atoms in total. The maximum Gasteiger partial charge on any atom is 0.189 e. The van der Waals surface area contributed by atoms with E-state index in [-0.39, 0.29) is 17.0 Å². The summed E-state index contributed by atoms with van der Waals surface area (Å²) >= 11 is 1.60. The number of hydrogen-bond acceptors (Lipinski definition) is 3. The van der Waals surface area contributed by atoms with Gasteiger partial charge in [-0.1, -0.05) is 30.3 Å². The molecule has 2 rings (SSSR count). The van der Waals surface area contributed by atoms with E-state index in [1.165, 1.54) is 0 Å². The highest BCUT2D eigenvalue weighted by atomic mass is 79.9. The van der Waals surface area contributed by atoms with E-state index in [0.29, 0.717) is 19.0 Å². The molecule has 0 saturated carbocycles. The van der Waals surface area contributed by atoms with E-state index in [4.69, 9.17) is 5.73 Å². The summed E-state index contributed by atoms with van der Waals surface area (Å²) in [6.07, 6.45) is 1.78. The van der Waals surface area contributed by atoms with Crippen LogP contribution in [0.3, 0.4) is 0 Å². The molecule has 0 aliphatic heterocycles. The van der Waals surface area contributed by atoms with Gasteiger partial charge in [-0.05, 0) is 5.56 Å². The molecule has 96 valence electrons. The summed E-state index contributed by atoms with van der Waals surface area (Å²) in [5.74, 6) is 0.448. The Labute approximate surface area is 121 Å². The summed E-state index contributed by atoms with van der Waals surface area (Å²) in [7, 11) is 0. The zero-order valence-electron chi connectivity index (χ0n) is 9.74. The molecule has 3 N–H and O–H groups in total. The number of aliphatic imine (C=N–C) groups is 1. The van der Waals surface area contributed by atoms with Gasteiger partial charge in [0.1, 0.15) is 5.01 Å². The summed E-state index contributed by atoms with van der Waals surface area (Å²) in [4.78, 5) is 8.41. The summed E-state index contributed by atoms with van der Waals surface area (Å²) in [6.45, 7) is 1.22. The Bertz CT molecular complexity index is 470.